The summed E-state index contributed by atoms with van der Waals surface area (Å²) in [6, 6.07) is 2.41. The van der Waals surface area contributed by atoms with Gasteiger partial charge in [0.1, 0.15) is 5.69 Å². The van der Waals surface area contributed by atoms with Crippen LogP contribution in [0.5, 0.6) is 0 Å². The van der Waals surface area contributed by atoms with Crippen LogP contribution in [0.25, 0.3) is 0 Å². The third kappa shape index (κ3) is 2.43. The molecular formula is C12H18F2N2. The zero-order valence-electron chi connectivity index (χ0n) is 9.93. The molecule has 0 saturated carbocycles. The van der Waals surface area contributed by atoms with Gasteiger partial charge in [-0.1, -0.05) is 6.92 Å². The molecule has 0 spiro atoms. The zero-order chi connectivity index (χ0) is 12.3. The highest BCUT2D eigenvalue weighted by molar-refractivity contribution is 5.56. The summed E-state index contributed by atoms with van der Waals surface area (Å²) in [5.74, 6) is -1.20. The highest BCUT2D eigenvalue weighted by atomic mass is 19.1. The van der Waals surface area contributed by atoms with Gasteiger partial charge in [0.05, 0.1) is 0 Å². The van der Waals surface area contributed by atoms with E-state index in [1.807, 2.05) is 20.8 Å². The standard InChI is InChI=1S/C12H18F2N2/c1-4-8(3)16(5-2)12-10(13)6-9(15)7-11(12)14/h6-8H,4-5,15H2,1-3H3. The lowest BCUT2D eigenvalue weighted by Crippen LogP contribution is -2.33. The van der Waals surface area contributed by atoms with E-state index in [1.54, 1.807) is 4.90 Å². The minimum absolute atomic E-state index is 0.0195. The summed E-state index contributed by atoms with van der Waals surface area (Å²) >= 11 is 0. The molecule has 1 unspecified atom stereocenters. The molecule has 1 atom stereocenters. The van der Waals surface area contributed by atoms with Crippen molar-refractivity contribution in [2.75, 3.05) is 17.2 Å². The number of nitrogen functional groups attached to an aromatic ring is 1. The first kappa shape index (κ1) is 12.7. The van der Waals surface area contributed by atoms with Crippen molar-refractivity contribution in [3.8, 4) is 0 Å². The van der Waals surface area contributed by atoms with E-state index in [9.17, 15) is 8.78 Å². The first-order valence-electron chi connectivity index (χ1n) is 5.52. The monoisotopic (exact) mass is 228 g/mol. The molecule has 0 aliphatic rings. The Kier molecular flexibility index (Phi) is 4.10. The number of hydrogen-bond acceptors (Lipinski definition) is 2. The number of anilines is 2. The lowest BCUT2D eigenvalue weighted by Gasteiger charge is -2.30. The fourth-order valence-electron chi connectivity index (χ4n) is 1.77. The van der Waals surface area contributed by atoms with Gasteiger partial charge in [0.15, 0.2) is 11.6 Å². The van der Waals surface area contributed by atoms with Crippen LogP contribution < -0.4 is 10.6 Å². The normalized spacial score (nSPS) is 12.6. The van der Waals surface area contributed by atoms with E-state index in [2.05, 4.69) is 0 Å². The van der Waals surface area contributed by atoms with E-state index >= 15 is 0 Å². The summed E-state index contributed by atoms with van der Waals surface area (Å²) in [5, 5.41) is 0. The third-order valence-electron chi connectivity index (χ3n) is 2.79. The molecule has 0 heterocycles. The lowest BCUT2D eigenvalue weighted by molar-refractivity contribution is 0.546. The van der Waals surface area contributed by atoms with Crippen molar-refractivity contribution in [1.82, 2.24) is 0 Å². The van der Waals surface area contributed by atoms with Gasteiger partial charge in [-0.05, 0) is 32.4 Å². The van der Waals surface area contributed by atoms with Crippen LogP contribution in [0.4, 0.5) is 20.2 Å². The number of rotatable bonds is 4. The molecule has 1 rings (SSSR count). The van der Waals surface area contributed by atoms with E-state index in [-0.39, 0.29) is 17.4 Å². The first-order chi connectivity index (χ1) is 7.51. The van der Waals surface area contributed by atoms with Gasteiger partial charge in [0.2, 0.25) is 0 Å². The molecule has 4 heteroatoms. The maximum atomic E-state index is 13.7. The second-order valence-corrected chi connectivity index (χ2v) is 3.88. The van der Waals surface area contributed by atoms with Gasteiger partial charge in [-0.3, -0.25) is 0 Å². The van der Waals surface area contributed by atoms with E-state index in [1.165, 1.54) is 0 Å². The Morgan fingerprint density at radius 1 is 1.25 bits per heavy atom. The van der Waals surface area contributed by atoms with Crippen molar-refractivity contribution in [3.05, 3.63) is 23.8 Å². The number of hydrogen-bond donors (Lipinski definition) is 1. The highest BCUT2D eigenvalue weighted by Crippen LogP contribution is 2.27. The van der Waals surface area contributed by atoms with Gasteiger partial charge in [-0.2, -0.15) is 0 Å². The van der Waals surface area contributed by atoms with Crippen molar-refractivity contribution >= 4 is 11.4 Å². The van der Waals surface area contributed by atoms with Gasteiger partial charge < -0.3 is 10.6 Å². The van der Waals surface area contributed by atoms with E-state index in [0.29, 0.717) is 6.54 Å². The van der Waals surface area contributed by atoms with E-state index in [0.717, 1.165) is 18.6 Å². The molecule has 0 saturated heterocycles. The zero-order valence-corrected chi connectivity index (χ0v) is 9.93. The maximum absolute atomic E-state index is 13.7. The molecule has 0 fully saturated rings. The maximum Gasteiger partial charge on any atom is 0.151 e. The van der Waals surface area contributed by atoms with Gasteiger partial charge >= 0.3 is 0 Å². The number of halogens is 2. The van der Waals surface area contributed by atoms with Gasteiger partial charge in [-0.15, -0.1) is 0 Å². The Hall–Kier alpha value is -1.32. The number of nitrogens with two attached hydrogens (primary N) is 1. The summed E-state index contributed by atoms with van der Waals surface area (Å²) in [6.07, 6.45) is 0.830. The summed E-state index contributed by atoms with van der Waals surface area (Å²) in [6.45, 7) is 6.37. The summed E-state index contributed by atoms with van der Waals surface area (Å²) in [5.41, 5.74) is 5.51. The molecule has 0 aliphatic carbocycles. The Morgan fingerprint density at radius 3 is 2.12 bits per heavy atom. The van der Waals surface area contributed by atoms with Crippen molar-refractivity contribution in [1.29, 1.82) is 0 Å². The second-order valence-electron chi connectivity index (χ2n) is 3.88. The fourth-order valence-corrected chi connectivity index (χ4v) is 1.77. The van der Waals surface area contributed by atoms with Crippen LogP contribution in [0.1, 0.15) is 27.2 Å². The van der Waals surface area contributed by atoms with Crippen LogP contribution in [-0.2, 0) is 0 Å². The third-order valence-corrected chi connectivity index (χ3v) is 2.79. The Balaban J connectivity index is 3.19. The number of nitrogens with zero attached hydrogens (tertiary/aromatic N) is 1. The molecule has 1 aromatic rings. The average Bonchev–Trinajstić information content (AvgIpc) is 2.22. The SMILES string of the molecule is CCC(C)N(CC)c1c(F)cc(N)cc1F. The minimum atomic E-state index is -0.598. The predicted octanol–water partition coefficient (Wildman–Crippen LogP) is 3.17. The van der Waals surface area contributed by atoms with E-state index in [4.69, 9.17) is 5.73 Å². The van der Waals surface area contributed by atoms with Crippen molar-refractivity contribution < 1.29 is 8.78 Å². The Bertz CT molecular complexity index is 343. The molecule has 0 bridgehead atoms. The van der Waals surface area contributed by atoms with Gasteiger partial charge in [-0.25, -0.2) is 8.78 Å². The van der Waals surface area contributed by atoms with Crippen LogP contribution in [-0.4, -0.2) is 12.6 Å². The molecule has 16 heavy (non-hydrogen) atoms. The topological polar surface area (TPSA) is 29.3 Å². The molecule has 0 amide bonds. The lowest BCUT2D eigenvalue weighted by atomic mass is 10.1. The molecule has 0 aliphatic heterocycles. The highest BCUT2D eigenvalue weighted by Gasteiger charge is 2.19. The van der Waals surface area contributed by atoms with Crippen molar-refractivity contribution in [2.24, 2.45) is 0 Å². The molecule has 2 nitrogen and oxygen atoms in total. The molecule has 0 radical (unpaired) electrons. The number of benzene rings is 1. The second kappa shape index (κ2) is 5.14. The smallest absolute Gasteiger partial charge is 0.151 e. The fraction of sp³-hybridized carbons (Fsp3) is 0.500. The average molecular weight is 228 g/mol. The summed E-state index contributed by atoms with van der Waals surface area (Å²) in [4.78, 5) is 1.71. The van der Waals surface area contributed by atoms with Crippen LogP contribution in [0.2, 0.25) is 0 Å². The molecule has 0 aromatic heterocycles. The molecule has 1 aromatic carbocycles. The van der Waals surface area contributed by atoms with Crippen LogP contribution in [0.15, 0.2) is 12.1 Å². The Morgan fingerprint density at radius 2 is 1.75 bits per heavy atom. The predicted molar refractivity (Wildman–Crippen MR) is 63.5 cm³/mol. The van der Waals surface area contributed by atoms with Crippen LogP contribution >= 0.6 is 0 Å². The Labute approximate surface area is 95.1 Å². The molecule has 2 N–H and O–H groups in total. The molecular weight excluding hydrogens is 210 g/mol. The molecule has 90 valence electrons. The first-order valence-corrected chi connectivity index (χ1v) is 5.52. The van der Waals surface area contributed by atoms with Crippen LogP contribution in [0, 0.1) is 11.6 Å². The van der Waals surface area contributed by atoms with Crippen molar-refractivity contribution in [2.45, 2.75) is 33.2 Å². The minimum Gasteiger partial charge on any atom is -0.399 e. The van der Waals surface area contributed by atoms with E-state index < -0.39 is 11.6 Å². The quantitative estimate of drug-likeness (QED) is 0.802. The van der Waals surface area contributed by atoms with Gasteiger partial charge in [0, 0.05) is 18.3 Å². The summed E-state index contributed by atoms with van der Waals surface area (Å²) in [7, 11) is 0. The largest absolute Gasteiger partial charge is 0.399 e. The van der Waals surface area contributed by atoms with Crippen molar-refractivity contribution in [3.63, 3.8) is 0 Å². The van der Waals surface area contributed by atoms with Crippen LogP contribution in [0.3, 0.4) is 0 Å². The van der Waals surface area contributed by atoms with Gasteiger partial charge in [0.25, 0.3) is 0 Å². The summed E-state index contributed by atoms with van der Waals surface area (Å²) < 4.78 is 27.4.